The zero-order valence-corrected chi connectivity index (χ0v) is 13.6. The van der Waals surface area contributed by atoms with Crippen LogP contribution in [0.25, 0.3) is 0 Å². The molecular formula is C18H22ClNO. The van der Waals surface area contributed by atoms with Gasteiger partial charge in [-0.1, -0.05) is 50.6 Å². The number of hydrogen-bond acceptors (Lipinski definition) is 2. The third-order valence-electron chi connectivity index (χ3n) is 3.40. The molecule has 2 nitrogen and oxygen atoms in total. The smallest absolute Gasteiger partial charge is 0.133 e. The number of rotatable bonds is 6. The highest BCUT2D eigenvalue weighted by Crippen LogP contribution is 2.31. The van der Waals surface area contributed by atoms with Crippen LogP contribution in [0.3, 0.4) is 0 Å². The summed E-state index contributed by atoms with van der Waals surface area (Å²) in [7, 11) is 0. The Morgan fingerprint density at radius 3 is 2.43 bits per heavy atom. The van der Waals surface area contributed by atoms with Gasteiger partial charge in [0.05, 0.1) is 0 Å². The molecule has 0 aliphatic rings. The van der Waals surface area contributed by atoms with E-state index in [0.29, 0.717) is 12.5 Å². The van der Waals surface area contributed by atoms with Crippen LogP contribution in [0.15, 0.2) is 42.5 Å². The van der Waals surface area contributed by atoms with E-state index in [0.717, 1.165) is 28.6 Å². The van der Waals surface area contributed by atoms with Gasteiger partial charge in [-0.05, 0) is 42.3 Å². The summed E-state index contributed by atoms with van der Waals surface area (Å²) < 4.78 is 6.00. The average molecular weight is 304 g/mol. The highest BCUT2D eigenvalue weighted by atomic mass is 35.5. The Bertz CT molecular complexity index is 578. The fraction of sp³-hybridized carbons (Fsp3) is 0.333. The highest BCUT2D eigenvalue weighted by Gasteiger charge is 2.09. The standard InChI is InChI=1S/C18H22ClNO/c1-4-20-12-16-17(19)6-5-7-18(16)21-15-10-8-14(9-11-15)13(2)3/h5-11,13,20H,4,12H2,1-3H3. The third kappa shape index (κ3) is 4.23. The minimum atomic E-state index is 0.523. The molecule has 0 aliphatic heterocycles. The monoisotopic (exact) mass is 303 g/mol. The first kappa shape index (κ1) is 15.9. The molecule has 0 aromatic heterocycles. The van der Waals surface area contributed by atoms with Crippen molar-refractivity contribution >= 4 is 11.6 Å². The lowest BCUT2D eigenvalue weighted by atomic mass is 10.0. The van der Waals surface area contributed by atoms with Crippen molar-refractivity contribution in [2.75, 3.05) is 6.54 Å². The fourth-order valence-electron chi connectivity index (χ4n) is 2.10. The number of ether oxygens (including phenoxy) is 1. The fourth-order valence-corrected chi connectivity index (χ4v) is 2.34. The van der Waals surface area contributed by atoms with Gasteiger partial charge in [0, 0.05) is 17.1 Å². The maximum absolute atomic E-state index is 6.28. The van der Waals surface area contributed by atoms with Crippen molar-refractivity contribution in [3.8, 4) is 11.5 Å². The van der Waals surface area contributed by atoms with Crippen LogP contribution in [0.4, 0.5) is 0 Å². The van der Waals surface area contributed by atoms with Crippen LogP contribution < -0.4 is 10.1 Å². The normalized spacial score (nSPS) is 10.9. The molecule has 2 aromatic carbocycles. The second kappa shape index (κ2) is 7.48. The van der Waals surface area contributed by atoms with Crippen LogP contribution in [0.1, 0.15) is 37.8 Å². The summed E-state index contributed by atoms with van der Waals surface area (Å²) in [5.74, 6) is 2.16. The number of nitrogens with one attached hydrogen (secondary N) is 1. The largest absolute Gasteiger partial charge is 0.457 e. The molecule has 0 bridgehead atoms. The molecule has 0 saturated heterocycles. The SMILES string of the molecule is CCNCc1c(Cl)cccc1Oc1ccc(C(C)C)cc1. The van der Waals surface area contributed by atoms with E-state index in [1.165, 1.54) is 5.56 Å². The highest BCUT2D eigenvalue weighted by molar-refractivity contribution is 6.31. The second-order valence-corrected chi connectivity index (χ2v) is 5.73. The molecule has 0 unspecified atom stereocenters. The Kier molecular flexibility index (Phi) is 5.66. The van der Waals surface area contributed by atoms with Crippen LogP contribution in [0, 0.1) is 0 Å². The van der Waals surface area contributed by atoms with Gasteiger partial charge in [-0.15, -0.1) is 0 Å². The lowest BCUT2D eigenvalue weighted by molar-refractivity contribution is 0.473. The first-order valence-electron chi connectivity index (χ1n) is 7.37. The van der Waals surface area contributed by atoms with Gasteiger partial charge >= 0.3 is 0 Å². The summed E-state index contributed by atoms with van der Waals surface area (Å²) in [6.45, 7) is 8.04. The van der Waals surface area contributed by atoms with Crippen LogP contribution in [0.2, 0.25) is 5.02 Å². The second-order valence-electron chi connectivity index (χ2n) is 5.32. The molecule has 2 aromatic rings. The molecule has 1 N–H and O–H groups in total. The summed E-state index contributed by atoms with van der Waals surface area (Å²) in [6.07, 6.45) is 0. The molecule has 21 heavy (non-hydrogen) atoms. The number of benzene rings is 2. The van der Waals surface area contributed by atoms with E-state index in [9.17, 15) is 0 Å². The van der Waals surface area contributed by atoms with Gasteiger partial charge in [-0.2, -0.15) is 0 Å². The van der Waals surface area contributed by atoms with Gasteiger partial charge < -0.3 is 10.1 Å². The predicted octanol–water partition coefficient (Wildman–Crippen LogP) is 5.37. The topological polar surface area (TPSA) is 21.3 Å². The number of hydrogen-bond donors (Lipinski definition) is 1. The maximum atomic E-state index is 6.28. The third-order valence-corrected chi connectivity index (χ3v) is 3.76. The summed E-state index contributed by atoms with van der Waals surface area (Å²) in [6, 6.07) is 14.0. The molecule has 0 atom stereocenters. The van der Waals surface area contributed by atoms with E-state index in [4.69, 9.17) is 16.3 Å². The zero-order chi connectivity index (χ0) is 15.2. The van der Waals surface area contributed by atoms with E-state index in [1.54, 1.807) is 0 Å². The molecule has 0 heterocycles. The lowest BCUT2D eigenvalue weighted by Crippen LogP contribution is -2.12. The van der Waals surface area contributed by atoms with Crippen LogP contribution in [0.5, 0.6) is 11.5 Å². The summed E-state index contributed by atoms with van der Waals surface area (Å²) >= 11 is 6.28. The van der Waals surface area contributed by atoms with Crippen molar-refractivity contribution in [1.82, 2.24) is 5.32 Å². The van der Waals surface area contributed by atoms with Crippen LogP contribution in [-0.2, 0) is 6.54 Å². The Balaban J connectivity index is 2.20. The van der Waals surface area contributed by atoms with Crippen LogP contribution >= 0.6 is 11.6 Å². The zero-order valence-electron chi connectivity index (χ0n) is 12.8. The van der Waals surface area contributed by atoms with Gasteiger partial charge in [0.1, 0.15) is 11.5 Å². The first-order chi connectivity index (χ1) is 10.1. The minimum Gasteiger partial charge on any atom is -0.457 e. The Morgan fingerprint density at radius 1 is 1.10 bits per heavy atom. The molecule has 0 aliphatic carbocycles. The van der Waals surface area contributed by atoms with Crippen molar-refractivity contribution in [1.29, 1.82) is 0 Å². The average Bonchev–Trinajstić information content (AvgIpc) is 2.47. The van der Waals surface area contributed by atoms with Crippen molar-refractivity contribution in [3.63, 3.8) is 0 Å². The first-order valence-corrected chi connectivity index (χ1v) is 7.75. The van der Waals surface area contributed by atoms with E-state index >= 15 is 0 Å². The Labute approximate surface area is 132 Å². The van der Waals surface area contributed by atoms with Crippen molar-refractivity contribution in [2.45, 2.75) is 33.2 Å². The molecule has 0 saturated carbocycles. The quantitative estimate of drug-likeness (QED) is 0.775. The van der Waals surface area contributed by atoms with Gasteiger partial charge in [-0.25, -0.2) is 0 Å². The Morgan fingerprint density at radius 2 is 1.81 bits per heavy atom. The van der Waals surface area contributed by atoms with Crippen molar-refractivity contribution < 1.29 is 4.74 Å². The van der Waals surface area contributed by atoms with Crippen molar-refractivity contribution in [2.24, 2.45) is 0 Å². The molecule has 0 radical (unpaired) electrons. The molecular weight excluding hydrogens is 282 g/mol. The molecule has 2 rings (SSSR count). The maximum Gasteiger partial charge on any atom is 0.133 e. The molecule has 0 amide bonds. The summed E-state index contributed by atoms with van der Waals surface area (Å²) in [5.41, 5.74) is 2.30. The molecule has 3 heteroatoms. The van der Waals surface area contributed by atoms with Gasteiger partial charge in [0.15, 0.2) is 0 Å². The number of halogens is 1. The molecule has 0 spiro atoms. The summed E-state index contributed by atoms with van der Waals surface area (Å²) in [5, 5.41) is 4.02. The Hall–Kier alpha value is -1.51. The van der Waals surface area contributed by atoms with E-state index in [-0.39, 0.29) is 0 Å². The van der Waals surface area contributed by atoms with E-state index < -0.39 is 0 Å². The van der Waals surface area contributed by atoms with Gasteiger partial charge in [0.2, 0.25) is 0 Å². The van der Waals surface area contributed by atoms with Gasteiger partial charge in [0.25, 0.3) is 0 Å². The minimum absolute atomic E-state index is 0.523. The molecule has 112 valence electrons. The van der Waals surface area contributed by atoms with Crippen LogP contribution in [-0.4, -0.2) is 6.54 Å². The predicted molar refractivity (Wildman–Crippen MR) is 89.4 cm³/mol. The van der Waals surface area contributed by atoms with Crippen molar-refractivity contribution in [3.05, 3.63) is 58.6 Å². The summed E-state index contributed by atoms with van der Waals surface area (Å²) in [4.78, 5) is 0. The van der Waals surface area contributed by atoms with Gasteiger partial charge in [-0.3, -0.25) is 0 Å². The lowest BCUT2D eigenvalue weighted by Gasteiger charge is -2.14. The van der Waals surface area contributed by atoms with E-state index in [2.05, 4.69) is 38.2 Å². The molecule has 0 fully saturated rings. The van der Waals surface area contributed by atoms with E-state index in [1.807, 2.05) is 30.3 Å².